The molecule has 0 fully saturated rings. The highest BCUT2D eigenvalue weighted by molar-refractivity contribution is 7.25. The van der Waals surface area contributed by atoms with Crippen LogP contribution < -0.4 is 0 Å². The van der Waals surface area contributed by atoms with Crippen molar-refractivity contribution in [3.05, 3.63) is 194 Å². The van der Waals surface area contributed by atoms with Crippen LogP contribution in [0.1, 0.15) is 5.48 Å². The van der Waals surface area contributed by atoms with Crippen LogP contribution >= 0.6 is 11.3 Å². The van der Waals surface area contributed by atoms with E-state index in [9.17, 15) is 2.74 Å². The Bertz CT molecular complexity index is 3470. The third kappa shape index (κ3) is 5.48. The highest BCUT2D eigenvalue weighted by atomic mass is 32.1. The fraction of sp³-hybridized carbons (Fsp3) is 0. The first-order chi connectivity index (χ1) is 29.4. The summed E-state index contributed by atoms with van der Waals surface area (Å²) in [6.07, 6.45) is 0. The van der Waals surface area contributed by atoms with Crippen LogP contribution in [0.2, 0.25) is 0 Å². The molecule has 4 nitrogen and oxygen atoms in total. The molecule has 0 saturated heterocycles. The lowest BCUT2D eigenvalue weighted by Gasteiger charge is -2.14. The molecule has 0 bridgehead atoms. The van der Waals surface area contributed by atoms with Gasteiger partial charge in [-0.15, -0.1) is 11.3 Å². The van der Waals surface area contributed by atoms with Gasteiger partial charge in [-0.05, 0) is 52.1 Å². The minimum atomic E-state index is -0.328. The Morgan fingerprint density at radius 1 is 0.411 bits per heavy atom. The van der Waals surface area contributed by atoms with E-state index in [0.717, 1.165) is 54.6 Å². The number of rotatable bonds is 6. The number of para-hydroxylation sites is 2. The lowest BCUT2D eigenvalue weighted by Crippen LogP contribution is -2.07. The van der Waals surface area contributed by atoms with Crippen molar-refractivity contribution in [1.29, 1.82) is 0 Å². The molecule has 0 atom stereocenters. The van der Waals surface area contributed by atoms with Gasteiger partial charge in [0.15, 0.2) is 11.6 Å². The number of nitrogens with zero attached hydrogens (tertiary/aromatic N) is 4. The highest BCUT2D eigenvalue weighted by Crippen LogP contribution is 2.40. The predicted octanol–water partition coefficient (Wildman–Crippen LogP) is 13.7. The fourth-order valence-electron chi connectivity index (χ4n) is 7.73. The van der Waals surface area contributed by atoms with E-state index in [-0.39, 0.29) is 30.1 Å². The van der Waals surface area contributed by atoms with Gasteiger partial charge in [-0.3, -0.25) is 4.57 Å². The average Bonchev–Trinajstić information content (AvgIpc) is 3.87. The largest absolute Gasteiger partial charge is 0.277 e. The van der Waals surface area contributed by atoms with Crippen LogP contribution in [-0.2, 0) is 0 Å². The molecule has 3 aromatic heterocycles. The van der Waals surface area contributed by atoms with Gasteiger partial charge in [0.2, 0.25) is 5.95 Å². The van der Waals surface area contributed by atoms with Crippen LogP contribution in [0.3, 0.4) is 0 Å². The highest BCUT2D eigenvalue weighted by Gasteiger charge is 2.21. The average molecular weight is 737 g/mol. The second-order valence-electron chi connectivity index (χ2n) is 13.7. The molecule has 0 radical (unpaired) electrons. The SMILES string of the molecule is [2H]c1c([2H])c([2H])c2c(c1[2H])c1cccc(-c3ccc(-c4ccccc4)cc3)c1n2-c1nc(-c2cccc(-c3ccccc3)c2)nc(-c2ccc3c(c2)sc2ccccc23)n1. The van der Waals surface area contributed by atoms with Gasteiger partial charge in [0.05, 0.1) is 16.5 Å². The Hall–Kier alpha value is -7.21. The molecular formula is C51H32N4S. The van der Waals surface area contributed by atoms with Crippen LogP contribution in [-0.4, -0.2) is 19.5 Å². The van der Waals surface area contributed by atoms with Gasteiger partial charge < -0.3 is 0 Å². The molecule has 0 spiro atoms. The van der Waals surface area contributed by atoms with Crippen LogP contribution in [0.15, 0.2) is 194 Å². The van der Waals surface area contributed by atoms with Crippen molar-refractivity contribution in [3.63, 3.8) is 0 Å². The second-order valence-corrected chi connectivity index (χ2v) is 14.8. The van der Waals surface area contributed by atoms with E-state index in [4.69, 9.17) is 17.7 Å². The number of fused-ring (bicyclic) bond motifs is 6. The standard InChI is InChI=1S/C51H32N4S/c1-3-13-33(14-4-1)35-25-27-36(28-26-35)40-21-12-22-44-41-19-7-9-23-45(41)55(48(40)44)51-53-49(38-18-11-17-37(31-38)34-15-5-2-6-16-34)52-50(54-51)39-29-30-43-42-20-8-10-24-46(42)56-47(43)32-39/h1-32H/i7D,9D,19D,23D. The number of aromatic nitrogens is 4. The van der Waals surface area contributed by atoms with Crippen molar-refractivity contribution < 1.29 is 5.48 Å². The van der Waals surface area contributed by atoms with E-state index in [1.54, 1.807) is 11.3 Å². The predicted molar refractivity (Wildman–Crippen MR) is 234 cm³/mol. The molecular weight excluding hydrogens is 701 g/mol. The van der Waals surface area contributed by atoms with Crippen LogP contribution in [0.5, 0.6) is 0 Å². The van der Waals surface area contributed by atoms with Crippen molar-refractivity contribution >= 4 is 53.3 Å². The lowest BCUT2D eigenvalue weighted by molar-refractivity contribution is 0.954. The fourth-order valence-corrected chi connectivity index (χ4v) is 8.87. The van der Waals surface area contributed by atoms with Crippen molar-refractivity contribution in [3.8, 4) is 62.1 Å². The Morgan fingerprint density at radius 2 is 0.982 bits per heavy atom. The van der Waals surface area contributed by atoms with Gasteiger partial charge in [0.25, 0.3) is 0 Å². The Kier molecular flexibility index (Phi) is 6.70. The van der Waals surface area contributed by atoms with E-state index in [1.165, 1.54) is 10.1 Å². The molecule has 56 heavy (non-hydrogen) atoms. The van der Waals surface area contributed by atoms with Gasteiger partial charge in [-0.2, -0.15) is 9.97 Å². The molecule has 8 aromatic carbocycles. The molecule has 0 aliphatic carbocycles. The number of hydrogen-bond acceptors (Lipinski definition) is 4. The quantitative estimate of drug-likeness (QED) is 0.171. The number of hydrogen-bond donors (Lipinski definition) is 0. The summed E-state index contributed by atoms with van der Waals surface area (Å²) in [7, 11) is 0. The minimum Gasteiger partial charge on any atom is -0.277 e. The van der Waals surface area contributed by atoms with Gasteiger partial charge in [-0.1, -0.05) is 170 Å². The first-order valence-electron chi connectivity index (χ1n) is 20.4. The molecule has 0 unspecified atom stereocenters. The topological polar surface area (TPSA) is 43.6 Å². The third-order valence-corrected chi connectivity index (χ3v) is 11.5. The summed E-state index contributed by atoms with van der Waals surface area (Å²) >= 11 is 1.72. The monoisotopic (exact) mass is 736 g/mol. The summed E-state index contributed by atoms with van der Waals surface area (Å²) in [5.74, 6) is 1.12. The first-order valence-corrected chi connectivity index (χ1v) is 19.3. The molecule has 0 amide bonds. The smallest absolute Gasteiger partial charge is 0.238 e. The zero-order chi connectivity index (χ0) is 40.5. The van der Waals surface area contributed by atoms with Crippen molar-refractivity contribution in [2.24, 2.45) is 0 Å². The Labute approximate surface area is 333 Å². The molecule has 0 aliphatic rings. The van der Waals surface area contributed by atoms with Crippen molar-refractivity contribution in [2.75, 3.05) is 0 Å². The zero-order valence-electron chi connectivity index (χ0n) is 33.9. The molecule has 0 saturated carbocycles. The van der Waals surface area contributed by atoms with Crippen LogP contribution in [0, 0.1) is 0 Å². The maximum absolute atomic E-state index is 9.37. The van der Waals surface area contributed by atoms with Gasteiger partial charge >= 0.3 is 0 Å². The Morgan fingerprint density at radius 3 is 1.79 bits per heavy atom. The summed E-state index contributed by atoms with van der Waals surface area (Å²) in [6.45, 7) is 0. The molecule has 3 heterocycles. The van der Waals surface area contributed by atoms with Gasteiger partial charge in [-0.25, -0.2) is 4.98 Å². The van der Waals surface area contributed by atoms with E-state index < -0.39 is 0 Å². The van der Waals surface area contributed by atoms with Crippen molar-refractivity contribution in [1.82, 2.24) is 19.5 Å². The second kappa shape index (κ2) is 13.3. The van der Waals surface area contributed by atoms with E-state index in [1.807, 2.05) is 77.4 Å². The van der Waals surface area contributed by atoms with Crippen LogP contribution in [0.25, 0.3) is 104 Å². The molecule has 0 aliphatic heterocycles. The maximum atomic E-state index is 9.37. The van der Waals surface area contributed by atoms with E-state index >= 15 is 0 Å². The third-order valence-electron chi connectivity index (χ3n) is 10.4. The van der Waals surface area contributed by atoms with Gasteiger partial charge in [0.1, 0.15) is 0 Å². The number of benzene rings is 8. The maximum Gasteiger partial charge on any atom is 0.238 e. The lowest BCUT2D eigenvalue weighted by atomic mass is 9.98. The minimum absolute atomic E-state index is 0.119. The van der Waals surface area contributed by atoms with E-state index in [0.29, 0.717) is 33.5 Å². The molecule has 11 aromatic rings. The molecule has 0 N–H and O–H groups in total. The van der Waals surface area contributed by atoms with Gasteiger partial charge in [0, 0.05) is 47.6 Å². The summed E-state index contributed by atoms with van der Waals surface area (Å²) < 4.78 is 40.3. The summed E-state index contributed by atoms with van der Waals surface area (Å²) in [5, 5.41) is 3.43. The van der Waals surface area contributed by atoms with Crippen molar-refractivity contribution in [2.45, 2.75) is 0 Å². The summed E-state index contributed by atoms with van der Waals surface area (Å²) in [5.41, 5.74) is 8.56. The molecule has 11 rings (SSSR count). The summed E-state index contributed by atoms with van der Waals surface area (Å²) in [6, 6.07) is 56.5. The van der Waals surface area contributed by atoms with E-state index in [2.05, 4.69) is 97.1 Å². The number of thiophene rings is 1. The van der Waals surface area contributed by atoms with Crippen LogP contribution in [0.4, 0.5) is 0 Å². The zero-order valence-corrected chi connectivity index (χ0v) is 30.7. The summed E-state index contributed by atoms with van der Waals surface area (Å²) in [4.78, 5) is 15.6. The molecule has 5 heteroatoms. The normalized spacial score (nSPS) is 12.6. The first kappa shape index (κ1) is 28.3. The Balaban J connectivity index is 1.21. The molecule has 262 valence electrons.